The number of carboxylic acids is 1. The monoisotopic (exact) mass is 380 g/mol. The van der Waals surface area contributed by atoms with Crippen molar-refractivity contribution < 1.29 is 24.2 Å². The van der Waals surface area contributed by atoms with Gasteiger partial charge in [-0.2, -0.15) is 0 Å². The highest BCUT2D eigenvalue weighted by atomic mass is 16.5. The number of benzene rings is 2. The Hall–Kier alpha value is -3.61. The van der Waals surface area contributed by atoms with E-state index >= 15 is 0 Å². The zero-order chi connectivity index (χ0) is 20.1. The molecule has 0 saturated heterocycles. The predicted octanol–water partition coefficient (Wildman–Crippen LogP) is 3.12. The Labute approximate surface area is 161 Å². The first kappa shape index (κ1) is 19.2. The van der Waals surface area contributed by atoms with Crippen molar-refractivity contribution in [2.24, 2.45) is 0 Å². The van der Waals surface area contributed by atoms with Gasteiger partial charge in [-0.25, -0.2) is 4.98 Å². The van der Waals surface area contributed by atoms with E-state index in [0.717, 1.165) is 5.56 Å². The summed E-state index contributed by atoms with van der Waals surface area (Å²) < 4.78 is 10.6. The molecule has 0 aliphatic carbocycles. The van der Waals surface area contributed by atoms with Gasteiger partial charge in [-0.1, -0.05) is 18.2 Å². The van der Waals surface area contributed by atoms with Gasteiger partial charge in [-0.3, -0.25) is 9.59 Å². The van der Waals surface area contributed by atoms with Crippen LogP contribution in [0.2, 0.25) is 0 Å². The second kappa shape index (κ2) is 8.39. The number of fused-ring (bicyclic) bond motifs is 1. The molecule has 1 heterocycles. The molecule has 0 saturated carbocycles. The number of hydrogen-bond donors (Lipinski definition) is 2. The van der Waals surface area contributed by atoms with Crippen LogP contribution in [0.1, 0.15) is 16.8 Å². The van der Waals surface area contributed by atoms with Crippen molar-refractivity contribution in [1.29, 1.82) is 0 Å². The van der Waals surface area contributed by atoms with Crippen molar-refractivity contribution in [3.63, 3.8) is 0 Å². The standard InChI is InChI=1S/C21H20N2O5/c1-27-18-8-7-13(11-19(18)28-2)17-12-15(21(26)22-10-9-20(24)25)14-5-3-4-6-16(14)23-17/h3-8,11-12H,9-10H2,1-2H3,(H,22,26)(H,24,25). The van der Waals surface area contributed by atoms with Crippen LogP contribution in [-0.2, 0) is 4.79 Å². The molecule has 0 fully saturated rings. The molecule has 28 heavy (non-hydrogen) atoms. The van der Waals surface area contributed by atoms with Crippen molar-refractivity contribution in [3.05, 3.63) is 54.1 Å². The van der Waals surface area contributed by atoms with E-state index in [1.165, 1.54) is 0 Å². The average Bonchev–Trinajstić information content (AvgIpc) is 2.72. The van der Waals surface area contributed by atoms with Gasteiger partial charge in [-0.05, 0) is 30.3 Å². The van der Waals surface area contributed by atoms with Crippen molar-refractivity contribution >= 4 is 22.8 Å². The predicted molar refractivity (Wildman–Crippen MR) is 105 cm³/mol. The summed E-state index contributed by atoms with van der Waals surface area (Å²) in [6.45, 7) is 0.0521. The molecule has 0 atom stereocenters. The Balaban J connectivity index is 2.05. The molecule has 0 spiro atoms. The Morgan fingerprint density at radius 1 is 1.04 bits per heavy atom. The molecule has 2 N–H and O–H groups in total. The van der Waals surface area contributed by atoms with E-state index < -0.39 is 5.97 Å². The third kappa shape index (κ3) is 4.03. The summed E-state index contributed by atoms with van der Waals surface area (Å²) in [4.78, 5) is 28.0. The Kier molecular flexibility index (Phi) is 5.74. The van der Waals surface area contributed by atoms with Gasteiger partial charge < -0.3 is 19.9 Å². The Bertz CT molecular complexity index is 1030. The number of ether oxygens (including phenoxy) is 2. The zero-order valence-electron chi connectivity index (χ0n) is 15.6. The van der Waals surface area contributed by atoms with Gasteiger partial charge >= 0.3 is 5.97 Å². The Morgan fingerprint density at radius 3 is 2.50 bits per heavy atom. The van der Waals surface area contributed by atoms with Crippen LogP contribution in [0.5, 0.6) is 11.5 Å². The molecule has 7 nitrogen and oxygen atoms in total. The minimum Gasteiger partial charge on any atom is -0.493 e. The van der Waals surface area contributed by atoms with Crippen LogP contribution in [0, 0.1) is 0 Å². The fraction of sp³-hybridized carbons (Fsp3) is 0.190. The molecule has 0 aliphatic rings. The Morgan fingerprint density at radius 2 is 1.79 bits per heavy atom. The maximum Gasteiger partial charge on any atom is 0.305 e. The lowest BCUT2D eigenvalue weighted by atomic mass is 10.0. The van der Waals surface area contributed by atoms with Crippen LogP contribution in [0.3, 0.4) is 0 Å². The second-order valence-corrected chi connectivity index (χ2v) is 6.04. The minimum absolute atomic E-state index is 0.0521. The lowest BCUT2D eigenvalue weighted by Gasteiger charge is -2.12. The molecule has 7 heteroatoms. The molecular formula is C21H20N2O5. The van der Waals surface area contributed by atoms with Gasteiger partial charge in [0.1, 0.15) is 0 Å². The SMILES string of the molecule is COc1ccc(-c2cc(C(=O)NCCC(=O)O)c3ccccc3n2)cc1OC. The number of carboxylic acid groups (broad SMARTS) is 1. The van der Waals surface area contributed by atoms with Crippen molar-refractivity contribution in [1.82, 2.24) is 10.3 Å². The fourth-order valence-electron chi connectivity index (χ4n) is 2.88. The molecule has 0 unspecified atom stereocenters. The molecule has 0 aliphatic heterocycles. The number of nitrogens with one attached hydrogen (secondary N) is 1. The topological polar surface area (TPSA) is 97.8 Å². The zero-order valence-corrected chi connectivity index (χ0v) is 15.6. The number of hydrogen-bond acceptors (Lipinski definition) is 5. The number of nitrogens with zero attached hydrogens (tertiary/aromatic N) is 1. The van der Waals surface area contributed by atoms with Gasteiger partial charge in [0.05, 0.1) is 37.4 Å². The van der Waals surface area contributed by atoms with Gasteiger partial charge in [-0.15, -0.1) is 0 Å². The van der Waals surface area contributed by atoms with E-state index in [1.54, 1.807) is 32.4 Å². The molecule has 3 aromatic rings. The number of amides is 1. The number of rotatable bonds is 7. The number of carbonyl (C=O) groups is 2. The molecule has 0 bridgehead atoms. The van der Waals surface area contributed by atoms with Crippen LogP contribution < -0.4 is 14.8 Å². The van der Waals surface area contributed by atoms with Gasteiger partial charge in [0.25, 0.3) is 5.91 Å². The van der Waals surface area contributed by atoms with E-state index in [4.69, 9.17) is 14.6 Å². The largest absolute Gasteiger partial charge is 0.493 e. The number of aliphatic carboxylic acids is 1. The molecule has 1 aromatic heterocycles. The summed E-state index contributed by atoms with van der Waals surface area (Å²) in [7, 11) is 3.11. The maximum atomic E-state index is 12.7. The molecular weight excluding hydrogens is 360 g/mol. The third-order valence-corrected chi connectivity index (χ3v) is 4.26. The number of aromatic nitrogens is 1. The van der Waals surface area contributed by atoms with E-state index in [2.05, 4.69) is 10.3 Å². The maximum absolute atomic E-state index is 12.7. The summed E-state index contributed by atoms with van der Waals surface area (Å²) >= 11 is 0. The molecule has 3 rings (SSSR count). The first-order chi connectivity index (χ1) is 13.5. The molecule has 0 radical (unpaired) electrons. The van der Waals surface area contributed by atoms with Crippen molar-refractivity contribution in [2.45, 2.75) is 6.42 Å². The van der Waals surface area contributed by atoms with E-state index in [9.17, 15) is 9.59 Å². The lowest BCUT2D eigenvalue weighted by Crippen LogP contribution is -2.26. The molecule has 2 aromatic carbocycles. The smallest absolute Gasteiger partial charge is 0.305 e. The lowest BCUT2D eigenvalue weighted by molar-refractivity contribution is -0.136. The minimum atomic E-state index is -0.967. The highest BCUT2D eigenvalue weighted by molar-refractivity contribution is 6.07. The quantitative estimate of drug-likeness (QED) is 0.654. The van der Waals surface area contributed by atoms with Crippen LogP contribution in [0.15, 0.2) is 48.5 Å². The summed E-state index contributed by atoms with van der Waals surface area (Å²) in [5.41, 5.74) is 2.46. The summed E-state index contributed by atoms with van der Waals surface area (Å²) in [5, 5.41) is 12.1. The fourth-order valence-corrected chi connectivity index (χ4v) is 2.88. The highest BCUT2D eigenvalue weighted by Gasteiger charge is 2.15. The van der Waals surface area contributed by atoms with E-state index in [0.29, 0.717) is 33.7 Å². The molecule has 144 valence electrons. The third-order valence-electron chi connectivity index (χ3n) is 4.26. The first-order valence-corrected chi connectivity index (χ1v) is 8.65. The number of carbonyl (C=O) groups excluding carboxylic acids is 1. The first-order valence-electron chi connectivity index (χ1n) is 8.65. The average molecular weight is 380 g/mol. The van der Waals surface area contributed by atoms with Gasteiger partial charge in [0.15, 0.2) is 11.5 Å². The number of methoxy groups -OCH3 is 2. The van der Waals surface area contributed by atoms with E-state index in [1.807, 2.05) is 30.3 Å². The molecule has 1 amide bonds. The second-order valence-electron chi connectivity index (χ2n) is 6.04. The summed E-state index contributed by atoms with van der Waals surface area (Å²) in [5.74, 6) is -0.159. The van der Waals surface area contributed by atoms with Crippen LogP contribution in [0.4, 0.5) is 0 Å². The van der Waals surface area contributed by atoms with Crippen LogP contribution in [0.25, 0.3) is 22.2 Å². The van der Waals surface area contributed by atoms with Crippen LogP contribution in [-0.4, -0.2) is 42.7 Å². The normalized spacial score (nSPS) is 10.5. The van der Waals surface area contributed by atoms with Gasteiger partial charge in [0.2, 0.25) is 0 Å². The van der Waals surface area contributed by atoms with Crippen LogP contribution >= 0.6 is 0 Å². The summed E-state index contributed by atoms with van der Waals surface area (Å²) in [6, 6.07) is 14.4. The number of pyridine rings is 1. The highest BCUT2D eigenvalue weighted by Crippen LogP contribution is 2.33. The van der Waals surface area contributed by atoms with E-state index in [-0.39, 0.29) is 18.9 Å². The number of para-hydroxylation sites is 1. The van der Waals surface area contributed by atoms with Gasteiger partial charge in [0, 0.05) is 17.5 Å². The van der Waals surface area contributed by atoms with Crippen molar-refractivity contribution in [3.8, 4) is 22.8 Å². The summed E-state index contributed by atoms with van der Waals surface area (Å²) in [6.07, 6.45) is -0.142. The van der Waals surface area contributed by atoms with Crippen molar-refractivity contribution in [2.75, 3.05) is 20.8 Å².